The van der Waals surface area contributed by atoms with Gasteiger partial charge in [0.15, 0.2) is 11.6 Å². The van der Waals surface area contributed by atoms with E-state index in [0.717, 1.165) is 46.3 Å². The molecule has 174 valence electrons. The highest BCUT2D eigenvalue weighted by molar-refractivity contribution is 14.1. The number of benzene rings is 1. The lowest BCUT2D eigenvalue weighted by Crippen LogP contribution is -2.39. The van der Waals surface area contributed by atoms with Crippen LogP contribution in [-0.4, -0.2) is 44.1 Å². The summed E-state index contributed by atoms with van der Waals surface area (Å²) in [6.07, 6.45) is 5.06. The number of nitrogens with zero attached hydrogens (tertiary/aromatic N) is 4. The van der Waals surface area contributed by atoms with Crippen molar-refractivity contribution < 1.29 is 4.79 Å². The number of nitrogens with one attached hydrogen (secondary N) is 3. The number of anilines is 4. The van der Waals surface area contributed by atoms with Crippen molar-refractivity contribution in [2.24, 2.45) is 5.73 Å². The van der Waals surface area contributed by atoms with Crippen LogP contribution >= 0.6 is 22.6 Å². The molecule has 1 saturated heterocycles. The first-order valence-corrected chi connectivity index (χ1v) is 12.1. The number of rotatable bonds is 7. The van der Waals surface area contributed by atoms with Gasteiger partial charge in [0.25, 0.3) is 0 Å². The van der Waals surface area contributed by atoms with Gasteiger partial charge in [-0.25, -0.2) is 4.98 Å². The number of carbonyl (C=O) groups excluding carboxylic acids is 1. The molecule has 0 saturated carbocycles. The summed E-state index contributed by atoms with van der Waals surface area (Å²) in [5.41, 5.74) is 10.9. The van der Waals surface area contributed by atoms with Gasteiger partial charge in [0, 0.05) is 29.7 Å². The van der Waals surface area contributed by atoms with Gasteiger partial charge < -0.3 is 16.4 Å². The van der Waals surface area contributed by atoms with Gasteiger partial charge in [-0.2, -0.15) is 10.1 Å². The van der Waals surface area contributed by atoms with Gasteiger partial charge in [-0.1, -0.05) is 12.5 Å². The van der Waals surface area contributed by atoms with Crippen molar-refractivity contribution in [3.05, 3.63) is 50.4 Å². The summed E-state index contributed by atoms with van der Waals surface area (Å²) in [6, 6.07) is 6.47. The highest BCUT2D eigenvalue weighted by Crippen LogP contribution is 2.35. The number of halogens is 1. The van der Waals surface area contributed by atoms with Gasteiger partial charge in [0.1, 0.15) is 0 Å². The number of likely N-dealkylation sites (tertiary alicyclic amines) is 1. The molecule has 0 spiro atoms. The van der Waals surface area contributed by atoms with E-state index in [9.17, 15) is 4.79 Å². The molecule has 1 amide bonds. The van der Waals surface area contributed by atoms with Crippen LogP contribution in [-0.2, 0) is 4.79 Å². The van der Waals surface area contributed by atoms with Crippen molar-refractivity contribution in [3.63, 3.8) is 0 Å². The smallest absolute Gasteiger partial charge is 0.231 e. The lowest BCUT2D eigenvalue weighted by molar-refractivity contribution is -0.120. The molecule has 3 aromatic rings. The van der Waals surface area contributed by atoms with Gasteiger partial charge in [-0.3, -0.25) is 14.8 Å². The van der Waals surface area contributed by atoms with Crippen molar-refractivity contribution in [3.8, 4) is 0 Å². The summed E-state index contributed by atoms with van der Waals surface area (Å²) in [5, 5.41) is 13.7. The Morgan fingerprint density at radius 2 is 2.03 bits per heavy atom. The fourth-order valence-electron chi connectivity index (χ4n) is 4.30. The van der Waals surface area contributed by atoms with Gasteiger partial charge in [0.05, 0.1) is 10.1 Å². The Kier molecular flexibility index (Phi) is 7.13. The van der Waals surface area contributed by atoms with Crippen molar-refractivity contribution >= 4 is 51.8 Å². The Bertz CT molecular complexity index is 1160. The van der Waals surface area contributed by atoms with Crippen molar-refractivity contribution in [2.45, 2.75) is 46.1 Å². The molecule has 1 atom stereocenters. The second-order valence-electron chi connectivity index (χ2n) is 8.55. The van der Waals surface area contributed by atoms with E-state index in [2.05, 4.69) is 84.3 Å². The molecule has 0 aliphatic carbocycles. The molecule has 33 heavy (non-hydrogen) atoms. The molecule has 2 aromatic heterocycles. The number of primary amides is 1. The average molecular weight is 560 g/mol. The molecule has 5 N–H and O–H groups in total. The first kappa shape index (κ1) is 23.4. The third-order valence-electron chi connectivity index (χ3n) is 5.89. The van der Waals surface area contributed by atoms with E-state index in [-0.39, 0.29) is 11.9 Å². The molecule has 0 bridgehead atoms. The van der Waals surface area contributed by atoms with E-state index < -0.39 is 0 Å². The molecule has 1 unspecified atom stereocenters. The highest BCUT2D eigenvalue weighted by Gasteiger charge is 2.26. The molecule has 4 rings (SSSR count). The number of nitrogens with two attached hydrogens (primary N) is 1. The summed E-state index contributed by atoms with van der Waals surface area (Å²) in [5.74, 6) is 1.63. The number of hydrogen-bond donors (Lipinski definition) is 4. The van der Waals surface area contributed by atoms with Gasteiger partial charge in [0.2, 0.25) is 11.9 Å². The SMILES string of the molecule is Cc1cc(Nc2nc(Nc3cc(C)c(C4CCCCN4CC(N)=O)cc3C)ncc2I)n[nH]1. The van der Waals surface area contributed by atoms with Crippen LogP contribution in [0.4, 0.5) is 23.3 Å². The molecular weight excluding hydrogens is 531 g/mol. The van der Waals surface area contributed by atoms with Crippen LogP contribution in [0.25, 0.3) is 0 Å². The monoisotopic (exact) mass is 560 g/mol. The maximum atomic E-state index is 11.6. The lowest BCUT2D eigenvalue weighted by Gasteiger charge is -2.36. The van der Waals surface area contributed by atoms with Crippen LogP contribution in [0.5, 0.6) is 0 Å². The molecule has 9 nitrogen and oxygen atoms in total. The zero-order chi connectivity index (χ0) is 23.5. The zero-order valence-electron chi connectivity index (χ0n) is 19.1. The maximum Gasteiger partial charge on any atom is 0.231 e. The topological polar surface area (TPSA) is 125 Å². The number of hydrogen-bond acceptors (Lipinski definition) is 7. The van der Waals surface area contributed by atoms with E-state index in [1.807, 2.05) is 13.0 Å². The number of H-pyrrole nitrogens is 1. The average Bonchev–Trinajstić information content (AvgIpc) is 3.17. The second-order valence-corrected chi connectivity index (χ2v) is 9.71. The first-order valence-electron chi connectivity index (χ1n) is 11.0. The van der Waals surface area contributed by atoms with Crippen LogP contribution in [0.1, 0.15) is 47.7 Å². The summed E-state index contributed by atoms with van der Waals surface area (Å²) >= 11 is 2.20. The molecular formula is C23H29IN8O. The minimum atomic E-state index is -0.278. The molecule has 10 heteroatoms. The van der Waals surface area contributed by atoms with Gasteiger partial charge in [-0.15, -0.1) is 0 Å². The Balaban J connectivity index is 1.56. The van der Waals surface area contributed by atoms with Gasteiger partial charge >= 0.3 is 0 Å². The largest absolute Gasteiger partial charge is 0.369 e. The molecule has 1 aliphatic heterocycles. The molecule has 1 aromatic carbocycles. The quantitative estimate of drug-likeness (QED) is 0.319. The van der Waals surface area contributed by atoms with Crippen LogP contribution < -0.4 is 16.4 Å². The lowest BCUT2D eigenvalue weighted by atomic mass is 9.90. The number of piperidine rings is 1. The molecule has 3 heterocycles. The third-order valence-corrected chi connectivity index (χ3v) is 6.68. The Morgan fingerprint density at radius 1 is 1.21 bits per heavy atom. The van der Waals surface area contributed by atoms with Crippen LogP contribution in [0.15, 0.2) is 24.4 Å². The predicted molar refractivity (Wildman–Crippen MR) is 138 cm³/mol. The zero-order valence-corrected chi connectivity index (χ0v) is 21.2. The van der Waals surface area contributed by atoms with Crippen molar-refractivity contribution in [1.29, 1.82) is 0 Å². The number of aryl methyl sites for hydroxylation is 3. The Hall–Kier alpha value is -2.73. The van der Waals surface area contributed by atoms with Crippen molar-refractivity contribution in [1.82, 2.24) is 25.1 Å². The standard InChI is InChI=1S/C23H29IN8O/c1-13-9-18(14(2)8-16(13)19-6-4-5-7-32(19)12-20(25)33)27-23-26-11-17(24)22(29-23)28-21-10-15(3)30-31-21/h8-11,19H,4-7,12H2,1-3H3,(H2,25,33)(H3,26,27,28,29,30,31). The Morgan fingerprint density at radius 3 is 2.76 bits per heavy atom. The van der Waals surface area contributed by atoms with E-state index in [1.54, 1.807) is 6.20 Å². The van der Waals surface area contributed by atoms with Crippen LogP contribution in [0.2, 0.25) is 0 Å². The third kappa shape index (κ3) is 5.61. The first-order chi connectivity index (χ1) is 15.8. The van der Waals surface area contributed by atoms with E-state index in [1.165, 1.54) is 11.1 Å². The second kappa shape index (κ2) is 10.0. The van der Waals surface area contributed by atoms with E-state index in [4.69, 9.17) is 5.73 Å². The summed E-state index contributed by atoms with van der Waals surface area (Å²) in [7, 11) is 0. The summed E-state index contributed by atoms with van der Waals surface area (Å²) < 4.78 is 0.897. The Labute approximate surface area is 207 Å². The van der Waals surface area contributed by atoms with Crippen LogP contribution in [0, 0.1) is 24.3 Å². The number of aromatic amines is 1. The van der Waals surface area contributed by atoms with Crippen molar-refractivity contribution in [2.75, 3.05) is 23.7 Å². The molecule has 1 fully saturated rings. The molecule has 1 aliphatic rings. The summed E-state index contributed by atoms with van der Waals surface area (Å²) in [6.45, 7) is 7.33. The number of aromatic nitrogens is 4. The number of carbonyl (C=O) groups is 1. The van der Waals surface area contributed by atoms with Crippen LogP contribution in [0.3, 0.4) is 0 Å². The fourth-order valence-corrected chi connectivity index (χ4v) is 4.70. The minimum Gasteiger partial charge on any atom is -0.369 e. The predicted octanol–water partition coefficient (Wildman–Crippen LogP) is 4.23. The maximum absolute atomic E-state index is 11.6. The normalized spacial score (nSPS) is 16.5. The summed E-state index contributed by atoms with van der Waals surface area (Å²) in [4.78, 5) is 22.9. The highest BCUT2D eigenvalue weighted by atomic mass is 127. The van der Waals surface area contributed by atoms with Gasteiger partial charge in [-0.05, 0) is 85.5 Å². The van der Waals surface area contributed by atoms with E-state index >= 15 is 0 Å². The number of amides is 1. The minimum absolute atomic E-state index is 0.210. The van der Waals surface area contributed by atoms with E-state index in [0.29, 0.717) is 24.1 Å². The molecule has 0 radical (unpaired) electrons. The fraction of sp³-hybridized carbons (Fsp3) is 0.391.